The smallest absolute Gasteiger partial charge is 0.0432 e. The third kappa shape index (κ3) is 3.41. The van der Waals surface area contributed by atoms with Gasteiger partial charge in [0.05, 0.1) is 0 Å². The molecule has 2 fully saturated rings. The maximum absolute atomic E-state index is 6.87. The van der Waals surface area contributed by atoms with E-state index in [0.717, 1.165) is 12.3 Å². The van der Waals surface area contributed by atoms with Gasteiger partial charge in [0.1, 0.15) is 0 Å². The van der Waals surface area contributed by atoms with Crippen LogP contribution in [-0.4, -0.2) is 29.6 Å². The largest absolute Gasteiger partial charge is 0.327 e. The van der Waals surface area contributed by atoms with E-state index in [9.17, 15) is 0 Å². The van der Waals surface area contributed by atoms with E-state index in [0.29, 0.717) is 29.7 Å². The number of hydrogen-bond acceptors (Lipinski definition) is 2. The molecule has 0 aromatic carbocycles. The molecule has 1 saturated carbocycles. The lowest BCUT2D eigenvalue weighted by atomic mass is 9.54. The maximum Gasteiger partial charge on any atom is 0.0432 e. The van der Waals surface area contributed by atoms with Gasteiger partial charge in [-0.1, -0.05) is 68.9 Å². The topological polar surface area (TPSA) is 29.3 Å². The molecule has 6 aliphatic rings. The van der Waals surface area contributed by atoms with Crippen LogP contribution >= 0.6 is 0 Å². The molecule has 0 amide bonds. The normalized spacial score (nSPS) is 46.1. The predicted molar refractivity (Wildman–Crippen MR) is 127 cm³/mol. The minimum absolute atomic E-state index is 0.239. The Morgan fingerprint density at radius 2 is 2.07 bits per heavy atom. The molecule has 0 aromatic heterocycles. The predicted octanol–water partition coefficient (Wildman–Crippen LogP) is 5.80. The highest BCUT2D eigenvalue weighted by atomic mass is 15.3. The highest BCUT2D eigenvalue weighted by Gasteiger charge is 2.56. The molecule has 162 valence electrons. The van der Waals surface area contributed by atoms with Gasteiger partial charge in [-0.3, -0.25) is 4.90 Å². The summed E-state index contributed by atoms with van der Waals surface area (Å²) < 4.78 is 0. The fourth-order valence-corrected chi connectivity index (χ4v) is 6.91. The van der Waals surface area contributed by atoms with Crippen molar-refractivity contribution in [3.63, 3.8) is 0 Å². The third-order valence-electron chi connectivity index (χ3n) is 9.10. The SMILES string of the molecule is C=C(C1=CCC(C2CC(C3(CC)C=CC4CN3C4)C2N)C=C1)C1/C=C\CCCCC1. The van der Waals surface area contributed by atoms with Crippen LogP contribution in [0.5, 0.6) is 0 Å². The lowest BCUT2D eigenvalue weighted by Gasteiger charge is -2.63. The lowest BCUT2D eigenvalue weighted by molar-refractivity contribution is -0.0794. The number of fused-ring (bicyclic) bond motifs is 1. The summed E-state index contributed by atoms with van der Waals surface area (Å²) in [6.45, 7) is 9.36. The van der Waals surface area contributed by atoms with Crippen LogP contribution in [0.25, 0.3) is 0 Å². The number of hydrogen-bond donors (Lipinski definition) is 1. The number of rotatable bonds is 5. The van der Waals surface area contributed by atoms with Gasteiger partial charge in [0.2, 0.25) is 0 Å². The van der Waals surface area contributed by atoms with E-state index >= 15 is 0 Å². The highest BCUT2D eigenvalue weighted by Crippen LogP contribution is 2.53. The standard InChI is InChI=1S/C28H40N2/c1-3-28(16-15-21-18-30(28)19-21)26-17-25(27(26)29)24-13-11-23(12-14-24)20(2)22-9-7-5-4-6-8-10-22/h7,9,11-13,15-16,21-22,24-27H,2-6,8,10,14,17-19,29H2,1H3/b9-7-. The van der Waals surface area contributed by atoms with Gasteiger partial charge in [-0.15, -0.1) is 0 Å². The van der Waals surface area contributed by atoms with Crippen LogP contribution in [0.2, 0.25) is 0 Å². The molecule has 3 aliphatic carbocycles. The van der Waals surface area contributed by atoms with Crippen molar-refractivity contribution in [2.24, 2.45) is 35.3 Å². The average Bonchev–Trinajstić information content (AvgIpc) is 2.72. The summed E-state index contributed by atoms with van der Waals surface area (Å²) in [5.41, 5.74) is 9.80. The maximum atomic E-state index is 6.87. The fraction of sp³-hybridized carbons (Fsp3) is 0.643. The molecular weight excluding hydrogens is 364 g/mol. The Kier molecular flexibility index (Phi) is 5.66. The fourth-order valence-electron chi connectivity index (χ4n) is 6.91. The quantitative estimate of drug-likeness (QED) is 0.587. The highest BCUT2D eigenvalue weighted by molar-refractivity contribution is 5.43. The van der Waals surface area contributed by atoms with Crippen molar-refractivity contribution in [1.82, 2.24) is 4.90 Å². The first-order valence-electron chi connectivity index (χ1n) is 12.6. The second-order valence-electron chi connectivity index (χ2n) is 10.6. The molecule has 3 aliphatic heterocycles. The van der Waals surface area contributed by atoms with Crippen LogP contribution in [0.4, 0.5) is 0 Å². The number of nitrogens with two attached hydrogens (primary N) is 1. The number of nitrogens with zero attached hydrogens (tertiary/aromatic N) is 1. The monoisotopic (exact) mass is 404 g/mol. The van der Waals surface area contributed by atoms with Gasteiger partial charge in [0.25, 0.3) is 0 Å². The minimum Gasteiger partial charge on any atom is -0.327 e. The molecule has 6 rings (SSSR count). The minimum atomic E-state index is 0.239. The summed E-state index contributed by atoms with van der Waals surface area (Å²) in [5, 5.41) is 0. The van der Waals surface area contributed by atoms with Crippen LogP contribution in [-0.2, 0) is 0 Å². The lowest BCUT2D eigenvalue weighted by Crippen LogP contribution is -2.71. The molecule has 0 spiro atoms. The molecule has 2 bridgehead atoms. The van der Waals surface area contributed by atoms with E-state index < -0.39 is 0 Å². The molecule has 6 atom stereocenters. The van der Waals surface area contributed by atoms with Crippen molar-refractivity contribution < 1.29 is 0 Å². The second kappa shape index (κ2) is 8.28. The van der Waals surface area contributed by atoms with E-state index in [-0.39, 0.29) is 5.54 Å². The third-order valence-corrected chi connectivity index (χ3v) is 9.10. The molecule has 6 unspecified atom stereocenters. The van der Waals surface area contributed by atoms with Crippen LogP contribution < -0.4 is 5.73 Å². The van der Waals surface area contributed by atoms with E-state index in [1.54, 1.807) is 0 Å². The zero-order valence-electron chi connectivity index (χ0n) is 18.8. The van der Waals surface area contributed by atoms with Crippen molar-refractivity contribution in [3.8, 4) is 0 Å². The Morgan fingerprint density at radius 3 is 2.73 bits per heavy atom. The molecule has 2 N–H and O–H groups in total. The Morgan fingerprint density at radius 1 is 1.20 bits per heavy atom. The van der Waals surface area contributed by atoms with Gasteiger partial charge >= 0.3 is 0 Å². The van der Waals surface area contributed by atoms with Gasteiger partial charge in [-0.25, -0.2) is 0 Å². The summed E-state index contributed by atoms with van der Waals surface area (Å²) >= 11 is 0. The van der Waals surface area contributed by atoms with Gasteiger partial charge in [-0.2, -0.15) is 0 Å². The second-order valence-corrected chi connectivity index (χ2v) is 10.6. The Labute approximate surface area is 183 Å². The Bertz CT molecular complexity index is 780. The number of allylic oxidation sites excluding steroid dienone is 7. The van der Waals surface area contributed by atoms with Crippen LogP contribution in [0.15, 0.2) is 60.3 Å². The molecule has 2 heteroatoms. The molecule has 1 saturated heterocycles. The van der Waals surface area contributed by atoms with Crippen molar-refractivity contribution in [2.75, 3.05) is 13.1 Å². The average molecular weight is 405 g/mol. The van der Waals surface area contributed by atoms with Gasteiger partial charge in [-0.05, 0) is 67.4 Å². The summed E-state index contributed by atoms with van der Waals surface area (Å²) in [5.74, 6) is 3.19. The van der Waals surface area contributed by atoms with E-state index in [1.807, 2.05) is 0 Å². The van der Waals surface area contributed by atoms with Crippen molar-refractivity contribution >= 4 is 0 Å². The van der Waals surface area contributed by atoms with Crippen LogP contribution in [0, 0.1) is 29.6 Å². The van der Waals surface area contributed by atoms with Gasteiger partial charge in [0, 0.05) is 36.5 Å². The molecule has 0 radical (unpaired) electrons. The van der Waals surface area contributed by atoms with Gasteiger partial charge in [0.15, 0.2) is 0 Å². The zero-order chi connectivity index (χ0) is 20.7. The molecule has 0 aromatic rings. The van der Waals surface area contributed by atoms with Crippen molar-refractivity contribution in [1.29, 1.82) is 0 Å². The molecule has 30 heavy (non-hydrogen) atoms. The molecule has 2 nitrogen and oxygen atoms in total. The van der Waals surface area contributed by atoms with Crippen LogP contribution in [0.1, 0.15) is 58.3 Å². The van der Waals surface area contributed by atoms with Crippen molar-refractivity contribution in [2.45, 2.75) is 69.9 Å². The summed E-state index contributed by atoms with van der Waals surface area (Å²) in [7, 11) is 0. The summed E-state index contributed by atoms with van der Waals surface area (Å²) in [6.07, 6.45) is 27.2. The van der Waals surface area contributed by atoms with Crippen molar-refractivity contribution in [3.05, 3.63) is 60.3 Å². The van der Waals surface area contributed by atoms with E-state index in [4.69, 9.17) is 5.73 Å². The zero-order valence-corrected chi connectivity index (χ0v) is 18.8. The van der Waals surface area contributed by atoms with E-state index in [1.165, 1.54) is 69.2 Å². The molecular formula is C28H40N2. The first kappa shape index (κ1) is 20.5. The summed E-state index contributed by atoms with van der Waals surface area (Å²) in [6, 6.07) is 0.327. The molecule has 3 heterocycles. The van der Waals surface area contributed by atoms with E-state index in [2.05, 4.69) is 60.9 Å². The first-order valence-corrected chi connectivity index (χ1v) is 12.6. The Hall–Kier alpha value is -1.38. The van der Waals surface area contributed by atoms with Crippen LogP contribution in [0.3, 0.4) is 0 Å². The van der Waals surface area contributed by atoms with Gasteiger partial charge < -0.3 is 5.73 Å². The summed E-state index contributed by atoms with van der Waals surface area (Å²) in [4.78, 5) is 2.71. The Balaban J connectivity index is 1.20. The first-order chi connectivity index (χ1) is 14.6.